The second-order valence-corrected chi connectivity index (χ2v) is 8.10. The number of nitrogens with zero attached hydrogens (tertiary/aromatic N) is 4. The molecule has 1 saturated heterocycles. The minimum Gasteiger partial charge on any atom is -0.476 e. The number of carbonyl (C=O) groups is 2. The van der Waals surface area contributed by atoms with Crippen LogP contribution in [-0.2, 0) is 11.3 Å². The predicted molar refractivity (Wildman–Crippen MR) is 118 cm³/mol. The molecule has 0 radical (unpaired) electrons. The summed E-state index contributed by atoms with van der Waals surface area (Å²) in [5.41, 5.74) is -0.850. The maximum absolute atomic E-state index is 13.2. The third kappa shape index (κ3) is 5.52. The van der Waals surface area contributed by atoms with Crippen LogP contribution in [0.3, 0.4) is 0 Å². The fourth-order valence-electron chi connectivity index (χ4n) is 3.91. The summed E-state index contributed by atoms with van der Waals surface area (Å²) < 4.78 is 18.5. The van der Waals surface area contributed by atoms with Gasteiger partial charge in [0.05, 0.1) is 21.5 Å². The summed E-state index contributed by atoms with van der Waals surface area (Å²) in [5, 5.41) is 22.4. The third-order valence-electron chi connectivity index (χ3n) is 5.69. The van der Waals surface area contributed by atoms with Gasteiger partial charge in [0, 0.05) is 37.8 Å². The highest BCUT2D eigenvalue weighted by molar-refractivity contribution is 5.85. The first kappa shape index (κ1) is 24.7. The van der Waals surface area contributed by atoms with Crippen molar-refractivity contribution in [1.29, 1.82) is 0 Å². The number of ether oxygens (including phenoxy) is 1. The minimum atomic E-state index is -0.904. The molecule has 1 fully saturated rings. The zero-order chi connectivity index (χ0) is 25.0. The van der Waals surface area contributed by atoms with Gasteiger partial charge in [-0.15, -0.1) is 0 Å². The van der Waals surface area contributed by atoms with E-state index in [4.69, 9.17) is 4.74 Å². The Morgan fingerprint density at radius 3 is 2.38 bits per heavy atom. The lowest BCUT2D eigenvalue weighted by atomic mass is 10.1. The van der Waals surface area contributed by atoms with E-state index in [1.54, 1.807) is 17.0 Å². The van der Waals surface area contributed by atoms with Gasteiger partial charge in [-0.2, -0.15) is 0 Å². The lowest BCUT2D eigenvalue weighted by Crippen LogP contribution is -2.58. The summed E-state index contributed by atoms with van der Waals surface area (Å²) in [5.74, 6) is -1.24. The van der Waals surface area contributed by atoms with E-state index in [-0.39, 0.29) is 29.8 Å². The molecule has 1 amide bonds. The van der Waals surface area contributed by atoms with Gasteiger partial charge in [0.2, 0.25) is 5.75 Å². The quantitative estimate of drug-likeness (QED) is 0.324. The van der Waals surface area contributed by atoms with Gasteiger partial charge >= 0.3 is 5.69 Å². The van der Waals surface area contributed by atoms with Crippen molar-refractivity contribution < 1.29 is 28.6 Å². The fourth-order valence-corrected chi connectivity index (χ4v) is 3.91. The Balaban J connectivity index is 1.69. The van der Waals surface area contributed by atoms with Crippen LogP contribution in [-0.4, -0.2) is 63.6 Å². The normalized spacial score (nSPS) is 18.4. The van der Waals surface area contributed by atoms with Gasteiger partial charge in [-0.05, 0) is 31.5 Å². The van der Waals surface area contributed by atoms with E-state index >= 15 is 0 Å². The molecule has 1 heterocycles. The average Bonchev–Trinajstić information content (AvgIpc) is 2.80. The molecule has 2 aromatic carbocycles. The Morgan fingerprint density at radius 1 is 1.12 bits per heavy atom. The monoisotopic (exact) mass is 474 g/mol. The number of amides is 1. The van der Waals surface area contributed by atoms with Crippen LogP contribution in [0.1, 0.15) is 29.8 Å². The van der Waals surface area contributed by atoms with Gasteiger partial charge in [-0.25, -0.2) is 4.39 Å². The molecule has 2 atom stereocenters. The van der Waals surface area contributed by atoms with Crippen molar-refractivity contribution in [2.45, 2.75) is 32.5 Å². The average molecular weight is 474 g/mol. The van der Waals surface area contributed by atoms with Crippen molar-refractivity contribution in [3.8, 4) is 5.75 Å². The molecule has 180 valence electrons. The van der Waals surface area contributed by atoms with E-state index in [0.717, 1.165) is 11.6 Å². The molecule has 0 spiro atoms. The number of rotatable bonds is 8. The van der Waals surface area contributed by atoms with Crippen LogP contribution in [0.4, 0.5) is 15.8 Å². The topological polar surface area (TPSA) is 136 Å². The number of nitro benzene ring substituents is 2. The molecule has 3 rings (SSSR count). The summed E-state index contributed by atoms with van der Waals surface area (Å²) in [6.45, 7) is 4.72. The number of benzene rings is 2. The lowest BCUT2D eigenvalue weighted by molar-refractivity contribution is -0.394. The summed E-state index contributed by atoms with van der Waals surface area (Å²) in [6, 6.07) is 7.52. The number of nitro groups is 2. The van der Waals surface area contributed by atoms with Crippen molar-refractivity contribution in [2.24, 2.45) is 0 Å². The van der Waals surface area contributed by atoms with Crippen LogP contribution in [0.5, 0.6) is 5.75 Å². The smallest absolute Gasteiger partial charge is 0.318 e. The summed E-state index contributed by atoms with van der Waals surface area (Å²) >= 11 is 0. The Bertz CT molecular complexity index is 1110. The van der Waals surface area contributed by atoms with Gasteiger partial charge in [0.1, 0.15) is 5.82 Å². The largest absolute Gasteiger partial charge is 0.476 e. The lowest BCUT2D eigenvalue weighted by Gasteiger charge is -2.44. The molecule has 2 aromatic rings. The first-order valence-corrected chi connectivity index (χ1v) is 10.4. The summed E-state index contributed by atoms with van der Waals surface area (Å²) in [6.07, 6.45) is 0.207. The van der Waals surface area contributed by atoms with E-state index < -0.39 is 39.5 Å². The maximum Gasteiger partial charge on any atom is 0.318 e. The molecule has 0 bridgehead atoms. The summed E-state index contributed by atoms with van der Waals surface area (Å²) in [7, 11) is 0. The number of aldehydes is 1. The molecular weight excluding hydrogens is 451 g/mol. The number of non-ortho nitro benzene ring substituents is 1. The first-order chi connectivity index (χ1) is 16.1. The fraction of sp³-hybridized carbons (Fsp3) is 0.364. The Labute approximate surface area is 194 Å². The second kappa shape index (κ2) is 10.3. The molecular formula is C22H23FN4O7. The van der Waals surface area contributed by atoms with E-state index in [9.17, 15) is 34.2 Å². The second-order valence-electron chi connectivity index (χ2n) is 8.10. The molecule has 0 N–H and O–H groups in total. The molecule has 12 heteroatoms. The van der Waals surface area contributed by atoms with Crippen molar-refractivity contribution >= 4 is 23.6 Å². The molecule has 11 nitrogen and oxygen atoms in total. The molecule has 34 heavy (non-hydrogen) atoms. The van der Waals surface area contributed by atoms with Crippen LogP contribution in [0.15, 0.2) is 36.4 Å². The Morgan fingerprint density at radius 2 is 1.79 bits per heavy atom. The van der Waals surface area contributed by atoms with Gasteiger partial charge in [-0.1, -0.05) is 12.1 Å². The van der Waals surface area contributed by atoms with Crippen LogP contribution >= 0.6 is 0 Å². The highest BCUT2D eigenvalue weighted by Gasteiger charge is 2.33. The van der Waals surface area contributed by atoms with Crippen LogP contribution in [0.2, 0.25) is 0 Å². The molecule has 1 aliphatic rings. The number of hydrogen-bond acceptors (Lipinski definition) is 8. The standard InChI is InChI=1S/C22H23FN4O7/c1-14-10-25(15(2)9-24(14)11-16-3-5-18(23)6-4-16)21(29)13-34-22-17(12-28)7-19(26(30)31)8-20(22)27(32)33/h3-8,12,14-15H,9-11,13H2,1-2H3. The van der Waals surface area contributed by atoms with Crippen molar-refractivity contribution in [3.63, 3.8) is 0 Å². The Hall–Kier alpha value is -3.93. The molecule has 1 aliphatic heterocycles. The van der Waals surface area contributed by atoms with Crippen molar-refractivity contribution in [1.82, 2.24) is 9.80 Å². The van der Waals surface area contributed by atoms with E-state index in [2.05, 4.69) is 4.90 Å². The van der Waals surface area contributed by atoms with E-state index in [1.165, 1.54) is 12.1 Å². The highest BCUT2D eigenvalue weighted by atomic mass is 19.1. The number of piperazine rings is 1. The highest BCUT2D eigenvalue weighted by Crippen LogP contribution is 2.34. The van der Waals surface area contributed by atoms with Crippen LogP contribution < -0.4 is 4.74 Å². The first-order valence-electron chi connectivity index (χ1n) is 10.4. The van der Waals surface area contributed by atoms with Gasteiger partial charge in [0.25, 0.3) is 11.6 Å². The zero-order valence-corrected chi connectivity index (χ0v) is 18.5. The van der Waals surface area contributed by atoms with Gasteiger partial charge in [-0.3, -0.25) is 34.7 Å². The van der Waals surface area contributed by atoms with Crippen LogP contribution in [0, 0.1) is 26.0 Å². The van der Waals surface area contributed by atoms with Crippen molar-refractivity contribution in [3.05, 3.63) is 73.6 Å². The van der Waals surface area contributed by atoms with Crippen molar-refractivity contribution in [2.75, 3.05) is 19.7 Å². The minimum absolute atomic E-state index is 0.0237. The maximum atomic E-state index is 13.2. The Kier molecular flexibility index (Phi) is 7.51. The van der Waals surface area contributed by atoms with Gasteiger partial charge in [0.15, 0.2) is 12.9 Å². The number of hydrogen-bond donors (Lipinski definition) is 0. The predicted octanol–water partition coefficient (Wildman–Crippen LogP) is 2.95. The SMILES string of the molecule is CC1CN(C(=O)COc2c(C=O)cc([N+](=O)[O-])cc2[N+](=O)[O-])C(C)CN1Cc1ccc(F)cc1. The van der Waals surface area contributed by atoms with E-state index in [0.29, 0.717) is 25.7 Å². The van der Waals surface area contributed by atoms with Crippen LogP contribution in [0.25, 0.3) is 0 Å². The zero-order valence-electron chi connectivity index (χ0n) is 18.5. The molecule has 0 saturated carbocycles. The third-order valence-corrected chi connectivity index (χ3v) is 5.69. The number of halogens is 1. The summed E-state index contributed by atoms with van der Waals surface area (Å²) in [4.78, 5) is 48.6. The molecule has 2 unspecified atom stereocenters. The molecule has 0 aliphatic carbocycles. The number of carbonyl (C=O) groups excluding carboxylic acids is 2. The molecule has 0 aromatic heterocycles. The van der Waals surface area contributed by atoms with Gasteiger partial charge < -0.3 is 9.64 Å². The van der Waals surface area contributed by atoms with E-state index in [1.807, 2.05) is 13.8 Å².